The first-order valence-electron chi connectivity index (χ1n) is 10.1. The van der Waals surface area contributed by atoms with Gasteiger partial charge in [-0.25, -0.2) is 9.91 Å². The average Bonchev–Trinajstić information content (AvgIpc) is 3.39. The van der Waals surface area contributed by atoms with Crippen LogP contribution >= 0.6 is 27.7 Å². The van der Waals surface area contributed by atoms with Crippen molar-refractivity contribution < 1.29 is 9.53 Å². The summed E-state index contributed by atoms with van der Waals surface area (Å²) in [6.07, 6.45) is 0.750. The molecule has 0 N–H and O–H groups in total. The predicted octanol–water partition coefficient (Wildman–Crippen LogP) is 6.02. The second-order valence-electron chi connectivity index (χ2n) is 7.73. The van der Waals surface area contributed by atoms with Gasteiger partial charge in [0.05, 0.1) is 23.2 Å². The van der Waals surface area contributed by atoms with Crippen LogP contribution in [0.2, 0.25) is 0 Å². The van der Waals surface area contributed by atoms with E-state index in [2.05, 4.69) is 34.1 Å². The van der Waals surface area contributed by atoms with Gasteiger partial charge >= 0.3 is 0 Å². The fourth-order valence-corrected chi connectivity index (χ4v) is 5.92. The number of hydrazone groups is 1. The van der Waals surface area contributed by atoms with E-state index in [-0.39, 0.29) is 11.3 Å². The van der Waals surface area contributed by atoms with Gasteiger partial charge in [-0.05, 0) is 35.9 Å². The lowest BCUT2D eigenvalue weighted by atomic mass is 9.96. The molecule has 5 nitrogen and oxygen atoms in total. The van der Waals surface area contributed by atoms with Gasteiger partial charge in [0.2, 0.25) is 0 Å². The van der Waals surface area contributed by atoms with E-state index in [0.29, 0.717) is 5.75 Å². The summed E-state index contributed by atoms with van der Waals surface area (Å²) in [4.78, 5) is 14.8. The number of carbonyl (C=O) groups is 1. The van der Waals surface area contributed by atoms with Gasteiger partial charge in [0.1, 0.15) is 5.75 Å². The number of hydrogen-bond acceptors (Lipinski definition) is 5. The minimum absolute atomic E-state index is 0.0193. The normalized spacial score (nSPS) is 24.1. The van der Waals surface area contributed by atoms with Crippen LogP contribution in [0.25, 0.3) is 0 Å². The van der Waals surface area contributed by atoms with Crippen LogP contribution in [0.1, 0.15) is 23.6 Å². The fraction of sp³-hybridized carbons (Fsp3) is 0.167. The largest absolute Gasteiger partial charge is 0.447 e. The molecule has 3 aromatic rings. The Labute approximate surface area is 192 Å². The Hall–Kier alpha value is -2.77. The summed E-state index contributed by atoms with van der Waals surface area (Å²) in [7, 11) is 0. The van der Waals surface area contributed by atoms with Crippen LogP contribution in [0.5, 0.6) is 5.75 Å². The number of benzene rings is 3. The standard InChI is InChI=1S/C24H18BrN3O2S/c25-17-11-12-22-19(13-17)21-14-20(16-7-3-1-4-8-16)26-28(21)24(30-22)15-31-23(29)27(24)18-9-5-2-6-10-18/h1-13,21H,14-15H2. The van der Waals surface area contributed by atoms with Crippen LogP contribution in [0.3, 0.4) is 0 Å². The molecule has 3 aliphatic rings. The Morgan fingerprint density at radius 3 is 2.55 bits per heavy atom. The molecule has 1 spiro atoms. The molecule has 0 saturated carbocycles. The SMILES string of the molecule is O=C1SCC2(Oc3ccc(Br)cc3C3CC(c4ccccc4)=NN32)N1c1ccccc1. The van der Waals surface area contributed by atoms with Gasteiger partial charge < -0.3 is 4.74 Å². The zero-order chi connectivity index (χ0) is 21.0. The third-order valence-corrected chi connectivity index (χ3v) is 7.35. The minimum Gasteiger partial charge on any atom is -0.447 e. The molecule has 2 unspecified atom stereocenters. The fourth-order valence-electron chi connectivity index (χ4n) is 4.53. The summed E-state index contributed by atoms with van der Waals surface area (Å²) in [6.45, 7) is 0. The third kappa shape index (κ3) is 2.91. The highest BCUT2D eigenvalue weighted by molar-refractivity contribution is 9.10. The smallest absolute Gasteiger partial charge is 0.296 e. The maximum absolute atomic E-state index is 13.1. The summed E-state index contributed by atoms with van der Waals surface area (Å²) in [5, 5.41) is 7.03. The van der Waals surface area contributed by atoms with Gasteiger partial charge in [0.15, 0.2) is 0 Å². The Balaban J connectivity index is 1.54. The lowest BCUT2D eigenvalue weighted by Gasteiger charge is -2.48. The summed E-state index contributed by atoms with van der Waals surface area (Å²) in [5.74, 6) is 0.258. The molecule has 1 fully saturated rings. The van der Waals surface area contributed by atoms with E-state index in [0.717, 1.165) is 39.2 Å². The Kier molecular flexibility index (Phi) is 4.36. The first kappa shape index (κ1) is 19.0. The topological polar surface area (TPSA) is 45.1 Å². The second-order valence-corrected chi connectivity index (χ2v) is 9.57. The maximum atomic E-state index is 13.1. The number of thioether (sulfide) groups is 1. The molecule has 0 aromatic heterocycles. The molecule has 3 aliphatic heterocycles. The van der Waals surface area contributed by atoms with Gasteiger partial charge in [-0.15, -0.1) is 0 Å². The molecule has 6 rings (SSSR count). The van der Waals surface area contributed by atoms with Crippen molar-refractivity contribution in [3.05, 3.63) is 94.5 Å². The number of anilines is 1. The third-order valence-electron chi connectivity index (χ3n) is 5.91. The molecule has 1 amide bonds. The summed E-state index contributed by atoms with van der Waals surface area (Å²) >= 11 is 4.87. The Bertz CT molecular complexity index is 1200. The summed E-state index contributed by atoms with van der Waals surface area (Å²) < 4.78 is 7.65. The van der Waals surface area contributed by atoms with E-state index in [1.54, 1.807) is 4.90 Å². The van der Waals surface area contributed by atoms with Crippen molar-refractivity contribution in [2.75, 3.05) is 10.7 Å². The van der Waals surface area contributed by atoms with Crippen molar-refractivity contribution >= 4 is 44.3 Å². The van der Waals surface area contributed by atoms with Crippen LogP contribution in [0.15, 0.2) is 88.4 Å². The monoisotopic (exact) mass is 491 g/mol. The highest BCUT2D eigenvalue weighted by atomic mass is 79.9. The lowest BCUT2D eigenvalue weighted by Crippen LogP contribution is -2.64. The van der Waals surface area contributed by atoms with Crippen molar-refractivity contribution in [2.24, 2.45) is 5.10 Å². The highest BCUT2D eigenvalue weighted by Crippen LogP contribution is 2.53. The average molecular weight is 492 g/mol. The number of fused-ring (bicyclic) bond motifs is 4. The van der Waals surface area contributed by atoms with Crippen molar-refractivity contribution in [1.82, 2.24) is 5.01 Å². The first-order valence-corrected chi connectivity index (χ1v) is 11.9. The highest BCUT2D eigenvalue weighted by Gasteiger charge is 2.60. The van der Waals surface area contributed by atoms with Crippen LogP contribution in [0, 0.1) is 0 Å². The van der Waals surface area contributed by atoms with Gasteiger partial charge in [-0.2, -0.15) is 5.10 Å². The Morgan fingerprint density at radius 1 is 1.03 bits per heavy atom. The molecule has 2 atom stereocenters. The Morgan fingerprint density at radius 2 is 1.77 bits per heavy atom. The zero-order valence-corrected chi connectivity index (χ0v) is 18.8. The number of rotatable bonds is 2. The molecule has 0 radical (unpaired) electrons. The second kappa shape index (κ2) is 7.14. The van der Waals surface area contributed by atoms with E-state index < -0.39 is 5.85 Å². The first-order chi connectivity index (χ1) is 15.2. The molecule has 31 heavy (non-hydrogen) atoms. The number of nitrogens with zero attached hydrogens (tertiary/aromatic N) is 3. The number of carbonyl (C=O) groups excluding carboxylic acids is 1. The molecule has 0 aliphatic carbocycles. The molecule has 7 heteroatoms. The lowest BCUT2D eigenvalue weighted by molar-refractivity contribution is -0.0927. The van der Waals surface area contributed by atoms with Crippen LogP contribution < -0.4 is 9.64 Å². The van der Waals surface area contributed by atoms with Crippen molar-refractivity contribution in [1.29, 1.82) is 0 Å². The number of ether oxygens (including phenoxy) is 1. The van der Waals surface area contributed by atoms with Gasteiger partial charge in [0, 0.05) is 16.5 Å². The van der Waals surface area contributed by atoms with Crippen LogP contribution in [-0.4, -0.2) is 27.6 Å². The van der Waals surface area contributed by atoms with E-state index in [4.69, 9.17) is 9.84 Å². The van der Waals surface area contributed by atoms with Gasteiger partial charge in [-0.3, -0.25) is 4.79 Å². The summed E-state index contributed by atoms with van der Waals surface area (Å²) in [6, 6.07) is 26.0. The van der Waals surface area contributed by atoms with Gasteiger partial charge in [0.25, 0.3) is 11.1 Å². The van der Waals surface area contributed by atoms with Crippen LogP contribution in [-0.2, 0) is 0 Å². The number of para-hydroxylation sites is 1. The summed E-state index contributed by atoms with van der Waals surface area (Å²) in [5.41, 5.74) is 3.97. The van der Waals surface area contributed by atoms with E-state index in [1.165, 1.54) is 11.8 Å². The maximum Gasteiger partial charge on any atom is 0.296 e. The molecule has 1 saturated heterocycles. The van der Waals surface area contributed by atoms with Crippen molar-refractivity contribution in [3.8, 4) is 5.75 Å². The van der Waals surface area contributed by atoms with E-state index in [1.807, 2.05) is 65.7 Å². The molecule has 154 valence electrons. The number of halogens is 1. The van der Waals surface area contributed by atoms with E-state index in [9.17, 15) is 4.79 Å². The molecule has 3 heterocycles. The van der Waals surface area contributed by atoms with E-state index >= 15 is 0 Å². The zero-order valence-electron chi connectivity index (χ0n) is 16.4. The van der Waals surface area contributed by atoms with Crippen molar-refractivity contribution in [3.63, 3.8) is 0 Å². The molecular formula is C24H18BrN3O2S. The number of hydrogen-bond donors (Lipinski definition) is 0. The van der Waals surface area contributed by atoms with Crippen molar-refractivity contribution in [2.45, 2.75) is 18.3 Å². The molecule has 3 aromatic carbocycles. The molecular weight excluding hydrogens is 474 g/mol. The number of amides is 1. The quantitative estimate of drug-likeness (QED) is 0.439. The van der Waals surface area contributed by atoms with Crippen LogP contribution in [0.4, 0.5) is 10.5 Å². The minimum atomic E-state index is -1.01. The van der Waals surface area contributed by atoms with Gasteiger partial charge in [-0.1, -0.05) is 76.2 Å². The predicted molar refractivity (Wildman–Crippen MR) is 126 cm³/mol. The molecule has 0 bridgehead atoms.